The van der Waals surface area contributed by atoms with Crippen LogP contribution in [0.4, 0.5) is 5.69 Å². The van der Waals surface area contributed by atoms with E-state index in [1.165, 1.54) is 0 Å². The van der Waals surface area contributed by atoms with Crippen molar-refractivity contribution >= 4 is 23.8 Å². The van der Waals surface area contributed by atoms with Crippen LogP contribution >= 0.6 is 0 Å². The summed E-state index contributed by atoms with van der Waals surface area (Å²) in [5.41, 5.74) is 3.00. The predicted molar refractivity (Wildman–Crippen MR) is 100 cm³/mol. The van der Waals surface area contributed by atoms with Crippen LogP contribution in [0.15, 0.2) is 53.7 Å². The lowest BCUT2D eigenvalue weighted by atomic mass is 10.1. The fourth-order valence-corrected chi connectivity index (χ4v) is 2.09. The molecule has 2 rings (SSSR count). The number of rotatable bonds is 8. The second-order valence-electron chi connectivity index (χ2n) is 5.63. The Kier molecular flexibility index (Phi) is 7.36. The summed E-state index contributed by atoms with van der Waals surface area (Å²) in [5, 5.41) is 6.47. The molecule has 0 aliphatic carbocycles. The first-order chi connectivity index (χ1) is 12.6. The van der Waals surface area contributed by atoms with Crippen molar-refractivity contribution in [3.63, 3.8) is 0 Å². The fraction of sp³-hybridized carbons (Fsp3) is 0.250. The number of nitrogens with zero attached hydrogens (tertiary/aromatic N) is 1. The Morgan fingerprint density at radius 3 is 2.54 bits per heavy atom. The molecule has 26 heavy (non-hydrogen) atoms. The van der Waals surface area contributed by atoms with Gasteiger partial charge in [0.2, 0.25) is 0 Å². The van der Waals surface area contributed by atoms with E-state index in [0.717, 1.165) is 17.5 Å². The molecule has 0 atom stereocenters. The van der Waals surface area contributed by atoms with Gasteiger partial charge in [0.05, 0.1) is 18.4 Å². The monoisotopic (exact) mass is 354 g/mol. The number of carbonyl (C=O) groups excluding carboxylic acids is 2. The largest absolute Gasteiger partial charge is 0.462 e. The number of benzene rings is 2. The molecular formula is C20H22N2O4. The third kappa shape index (κ3) is 6.05. The zero-order chi connectivity index (χ0) is 18.8. The molecule has 0 aliphatic heterocycles. The van der Waals surface area contributed by atoms with Gasteiger partial charge in [-0.25, -0.2) is 4.79 Å². The number of hydrogen-bond donors (Lipinski definition) is 1. The van der Waals surface area contributed by atoms with Gasteiger partial charge in [-0.05, 0) is 48.7 Å². The van der Waals surface area contributed by atoms with Crippen LogP contribution < -0.4 is 5.32 Å². The van der Waals surface area contributed by atoms with Crippen LogP contribution in [0.5, 0.6) is 0 Å². The third-order valence-electron chi connectivity index (χ3n) is 3.49. The van der Waals surface area contributed by atoms with E-state index in [0.29, 0.717) is 17.9 Å². The Bertz CT molecular complexity index is 770. The van der Waals surface area contributed by atoms with Crippen molar-refractivity contribution < 1.29 is 19.2 Å². The van der Waals surface area contributed by atoms with E-state index in [-0.39, 0.29) is 18.5 Å². The maximum atomic E-state index is 11.8. The number of ether oxygens (including phenoxy) is 1. The van der Waals surface area contributed by atoms with Crippen LogP contribution in [-0.2, 0) is 14.4 Å². The summed E-state index contributed by atoms with van der Waals surface area (Å²) < 4.78 is 5.05. The fourth-order valence-electron chi connectivity index (χ4n) is 2.09. The van der Waals surface area contributed by atoms with Gasteiger partial charge in [-0.15, -0.1) is 0 Å². The molecule has 0 unspecified atom stereocenters. The van der Waals surface area contributed by atoms with E-state index in [4.69, 9.17) is 9.57 Å². The molecule has 0 bridgehead atoms. The molecule has 6 heteroatoms. The summed E-state index contributed by atoms with van der Waals surface area (Å²) in [5.74, 6) is -0.716. The number of aryl methyl sites for hydroxylation is 1. The number of amides is 1. The molecule has 0 saturated heterocycles. The summed E-state index contributed by atoms with van der Waals surface area (Å²) >= 11 is 0. The van der Waals surface area contributed by atoms with E-state index in [2.05, 4.69) is 10.5 Å². The highest BCUT2D eigenvalue weighted by molar-refractivity contribution is 5.93. The summed E-state index contributed by atoms with van der Waals surface area (Å²) in [7, 11) is 0. The first-order valence-corrected chi connectivity index (χ1v) is 8.38. The number of oxime groups is 1. The smallest absolute Gasteiger partial charge is 0.338 e. The van der Waals surface area contributed by atoms with Gasteiger partial charge in [0, 0.05) is 5.69 Å². The Morgan fingerprint density at radius 2 is 1.85 bits per heavy atom. The summed E-state index contributed by atoms with van der Waals surface area (Å²) in [4.78, 5) is 28.6. The van der Waals surface area contributed by atoms with Gasteiger partial charge < -0.3 is 14.9 Å². The zero-order valence-corrected chi connectivity index (χ0v) is 14.9. The minimum Gasteiger partial charge on any atom is -0.462 e. The van der Waals surface area contributed by atoms with E-state index in [1.54, 1.807) is 30.5 Å². The van der Waals surface area contributed by atoms with Crippen molar-refractivity contribution in [1.29, 1.82) is 0 Å². The van der Waals surface area contributed by atoms with Crippen LogP contribution in [0.25, 0.3) is 0 Å². The maximum Gasteiger partial charge on any atom is 0.338 e. The molecular weight excluding hydrogens is 332 g/mol. The first kappa shape index (κ1) is 19.2. The minimum atomic E-state index is -0.376. The van der Waals surface area contributed by atoms with Crippen LogP contribution in [0.1, 0.15) is 34.8 Å². The molecule has 0 radical (unpaired) electrons. The average molecular weight is 354 g/mol. The van der Waals surface area contributed by atoms with Crippen LogP contribution in [0, 0.1) is 6.92 Å². The second-order valence-corrected chi connectivity index (χ2v) is 5.63. The van der Waals surface area contributed by atoms with Gasteiger partial charge in [-0.3, -0.25) is 4.79 Å². The average Bonchev–Trinajstić information content (AvgIpc) is 2.65. The molecule has 2 aromatic carbocycles. The Hall–Kier alpha value is -3.15. The third-order valence-corrected chi connectivity index (χ3v) is 3.49. The van der Waals surface area contributed by atoms with E-state index in [1.807, 2.05) is 38.1 Å². The van der Waals surface area contributed by atoms with Crippen molar-refractivity contribution in [2.75, 3.05) is 18.5 Å². The number of anilines is 1. The van der Waals surface area contributed by atoms with E-state index in [9.17, 15) is 9.59 Å². The van der Waals surface area contributed by atoms with Gasteiger partial charge in [-0.2, -0.15) is 0 Å². The Balaban J connectivity index is 1.79. The van der Waals surface area contributed by atoms with Crippen molar-refractivity contribution in [3.8, 4) is 0 Å². The number of carbonyl (C=O) groups is 2. The van der Waals surface area contributed by atoms with Gasteiger partial charge in [0.1, 0.15) is 0 Å². The Morgan fingerprint density at radius 1 is 1.12 bits per heavy atom. The van der Waals surface area contributed by atoms with Gasteiger partial charge in [-0.1, -0.05) is 36.3 Å². The van der Waals surface area contributed by atoms with Crippen LogP contribution in [-0.4, -0.2) is 31.3 Å². The highest BCUT2D eigenvalue weighted by atomic mass is 16.6. The molecule has 1 N–H and O–H groups in total. The molecule has 0 aliphatic rings. The molecule has 0 fully saturated rings. The summed E-state index contributed by atoms with van der Waals surface area (Å²) in [6, 6.07) is 14.2. The quantitative estimate of drug-likeness (QED) is 0.447. The van der Waals surface area contributed by atoms with Gasteiger partial charge >= 0.3 is 5.97 Å². The first-order valence-electron chi connectivity index (χ1n) is 8.38. The molecule has 6 nitrogen and oxygen atoms in total. The SMILES string of the molecule is CCCOC(=O)c1ccc(NC(=O)CO/N=C\c2ccccc2C)cc1. The van der Waals surface area contributed by atoms with Crippen LogP contribution in [0.3, 0.4) is 0 Å². The Labute approximate surface area is 152 Å². The van der Waals surface area contributed by atoms with Gasteiger partial charge in [0.15, 0.2) is 6.61 Å². The van der Waals surface area contributed by atoms with Crippen molar-refractivity contribution in [2.45, 2.75) is 20.3 Å². The normalized spacial score (nSPS) is 10.5. The lowest BCUT2D eigenvalue weighted by molar-refractivity contribution is -0.120. The second kappa shape index (κ2) is 9.98. The maximum absolute atomic E-state index is 11.8. The topological polar surface area (TPSA) is 77.0 Å². The van der Waals surface area contributed by atoms with Crippen molar-refractivity contribution in [3.05, 3.63) is 65.2 Å². The minimum absolute atomic E-state index is 0.206. The number of nitrogens with one attached hydrogen (secondary N) is 1. The molecule has 0 heterocycles. The molecule has 0 saturated carbocycles. The van der Waals surface area contributed by atoms with E-state index >= 15 is 0 Å². The molecule has 0 spiro atoms. The molecule has 136 valence electrons. The molecule has 1 amide bonds. The number of hydrogen-bond acceptors (Lipinski definition) is 5. The van der Waals surface area contributed by atoms with Crippen LogP contribution in [0.2, 0.25) is 0 Å². The zero-order valence-electron chi connectivity index (χ0n) is 14.9. The standard InChI is InChI=1S/C20H22N2O4/c1-3-12-25-20(24)16-8-10-18(11-9-16)22-19(23)14-26-21-13-17-7-5-4-6-15(17)2/h4-11,13H,3,12,14H2,1-2H3,(H,22,23)/b21-13-. The molecule has 2 aromatic rings. The van der Waals surface area contributed by atoms with Crippen molar-refractivity contribution in [1.82, 2.24) is 0 Å². The summed E-state index contributed by atoms with van der Waals surface area (Å²) in [6.07, 6.45) is 2.34. The van der Waals surface area contributed by atoms with Crippen molar-refractivity contribution in [2.24, 2.45) is 5.16 Å². The lowest BCUT2D eigenvalue weighted by Gasteiger charge is -2.06. The van der Waals surface area contributed by atoms with Gasteiger partial charge in [0.25, 0.3) is 5.91 Å². The highest BCUT2D eigenvalue weighted by Gasteiger charge is 2.07. The summed E-state index contributed by atoms with van der Waals surface area (Å²) in [6.45, 7) is 4.08. The number of esters is 1. The van der Waals surface area contributed by atoms with E-state index < -0.39 is 0 Å². The predicted octanol–water partition coefficient (Wildman–Crippen LogP) is 3.55. The lowest BCUT2D eigenvalue weighted by Crippen LogP contribution is -2.17. The highest BCUT2D eigenvalue weighted by Crippen LogP contribution is 2.11. The molecule has 0 aromatic heterocycles.